The van der Waals surface area contributed by atoms with Crippen LogP contribution in [0.1, 0.15) is 0 Å². The molecule has 5 N–H and O–H groups in total. The highest BCUT2D eigenvalue weighted by molar-refractivity contribution is 5.55. The monoisotopic (exact) mass is 248 g/mol. The molecule has 7 nitrogen and oxygen atoms in total. The van der Waals surface area contributed by atoms with E-state index >= 15 is 0 Å². The first-order valence-electron chi connectivity index (χ1n) is 5.06. The Morgan fingerprint density at radius 3 is 2.78 bits per heavy atom. The van der Waals surface area contributed by atoms with Gasteiger partial charge in [0.1, 0.15) is 0 Å². The Labute approximate surface area is 102 Å². The molecular weight excluding hydrogens is 236 g/mol. The van der Waals surface area contributed by atoms with Gasteiger partial charge in [-0.05, 0) is 12.1 Å². The summed E-state index contributed by atoms with van der Waals surface area (Å²) >= 11 is 0. The van der Waals surface area contributed by atoms with Crippen LogP contribution < -0.4 is 26.5 Å². The largest absolute Gasteiger partial charge is 0.493 e. The van der Waals surface area contributed by atoms with Gasteiger partial charge in [-0.1, -0.05) is 0 Å². The molecule has 0 aliphatic heterocycles. The zero-order chi connectivity index (χ0) is 13.1. The van der Waals surface area contributed by atoms with Crippen LogP contribution in [-0.2, 0) is 0 Å². The van der Waals surface area contributed by atoms with Crippen LogP contribution in [-0.4, -0.2) is 17.1 Å². The molecule has 0 radical (unpaired) electrons. The summed E-state index contributed by atoms with van der Waals surface area (Å²) in [5.41, 5.74) is 11.1. The third-order valence-corrected chi connectivity index (χ3v) is 2.25. The topological polar surface area (TPSA) is 116 Å². The first-order chi connectivity index (χ1) is 8.61. The number of nitrogens with two attached hydrogens (primary N) is 2. The smallest absolute Gasteiger partial charge is 0.277 e. The molecule has 2 rings (SSSR count). The van der Waals surface area contributed by atoms with Crippen LogP contribution in [0, 0.1) is 0 Å². The fourth-order valence-electron chi connectivity index (χ4n) is 1.35. The maximum atomic E-state index is 11.3. The summed E-state index contributed by atoms with van der Waals surface area (Å²) < 4.78 is 10.5. The molecule has 0 unspecified atom stereocenters. The van der Waals surface area contributed by atoms with Crippen molar-refractivity contribution in [2.75, 3.05) is 18.6 Å². The molecule has 0 saturated carbocycles. The molecule has 1 heterocycles. The van der Waals surface area contributed by atoms with Crippen LogP contribution >= 0.6 is 0 Å². The first kappa shape index (κ1) is 11.8. The van der Waals surface area contributed by atoms with Gasteiger partial charge in [0.2, 0.25) is 5.88 Å². The van der Waals surface area contributed by atoms with Crippen molar-refractivity contribution in [3.05, 3.63) is 34.9 Å². The van der Waals surface area contributed by atoms with Crippen LogP contribution in [0.4, 0.5) is 11.4 Å². The molecule has 0 fully saturated rings. The molecule has 0 aliphatic carbocycles. The van der Waals surface area contributed by atoms with E-state index in [1.54, 1.807) is 18.2 Å². The summed E-state index contributed by atoms with van der Waals surface area (Å²) in [4.78, 5) is 17.5. The second-order valence-electron chi connectivity index (χ2n) is 3.46. The molecule has 18 heavy (non-hydrogen) atoms. The van der Waals surface area contributed by atoms with Crippen LogP contribution in [0.25, 0.3) is 0 Å². The lowest BCUT2D eigenvalue weighted by atomic mass is 10.3. The molecule has 0 amide bonds. The van der Waals surface area contributed by atoms with E-state index < -0.39 is 5.56 Å². The number of rotatable bonds is 3. The molecule has 94 valence electrons. The second kappa shape index (κ2) is 4.66. The van der Waals surface area contributed by atoms with Gasteiger partial charge in [0.25, 0.3) is 5.56 Å². The van der Waals surface area contributed by atoms with Crippen molar-refractivity contribution in [2.24, 2.45) is 0 Å². The number of nitrogens with one attached hydrogen (secondary N) is 1. The third kappa shape index (κ3) is 2.19. The van der Waals surface area contributed by atoms with E-state index in [4.69, 9.17) is 20.9 Å². The molecule has 0 spiro atoms. The van der Waals surface area contributed by atoms with Crippen molar-refractivity contribution in [3.8, 4) is 17.4 Å². The van der Waals surface area contributed by atoms with E-state index in [2.05, 4.69) is 9.97 Å². The molecule has 0 saturated heterocycles. The number of ether oxygens (including phenoxy) is 2. The van der Waals surface area contributed by atoms with Crippen molar-refractivity contribution >= 4 is 11.4 Å². The third-order valence-electron chi connectivity index (χ3n) is 2.25. The molecule has 1 aromatic heterocycles. The molecule has 0 atom stereocenters. The number of hydrogen-bond donors (Lipinski definition) is 3. The van der Waals surface area contributed by atoms with Gasteiger partial charge in [-0.2, -0.15) is 0 Å². The Balaban J connectivity index is 2.42. The zero-order valence-electron chi connectivity index (χ0n) is 9.64. The minimum absolute atomic E-state index is 0.00245. The Hall–Kier alpha value is -2.70. The van der Waals surface area contributed by atoms with Gasteiger partial charge in [0.15, 0.2) is 17.2 Å². The zero-order valence-corrected chi connectivity index (χ0v) is 9.64. The van der Waals surface area contributed by atoms with Gasteiger partial charge in [-0.3, -0.25) is 4.79 Å². The highest BCUT2D eigenvalue weighted by Crippen LogP contribution is 2.33. The van der Waals surface area contributed by atoms with Gasteiger partial charge >= 0.3 is 0 Å². The summed E-state index contributed by atoms with van der Waals surface area (Å²) in [6.45, 7) is 0. The number of aromatic amines is 1. The molecule has 7 heteroatoms. The average Bonchev–Trinajstić information content (AvgIpc) is 2.35. The lowest BCUT2D eigenvalue weighted by Crippen LogP contribution is -2.13. The summed E-state index contributed by atoms with van der Waals surface area (Å²) in [5.74, 6) is 0.802. The standard InChI is InChI=1S/C11H12N4O3/c1-17-7-3-2-6(12)4-8(7)18-11-9(13)10(16)14-5-15-11/h2-5H,12-13H2,1H3,(H,14,15,16). The van der Waals surface area contributed by atoms with Crippen molar-refractivity contribution in [1.82, 2.24) is 9.97 Å². The van der Waals surface area contributed by atoms with E-state index in [1.807, 2.05) is 0 Å². The van der Waals surface area contributed by atoms with Gasteiger partial charge in [-0.15, -0.1) is 0 Å². The SMILES string of the molecule is COc1ccc(N)cc1Oc1nc[nH]c(=O)c1N. The van der Waals surface area contributed by atoms with Crippen molar-refractivity contribution in [1.29, 1.82) is 0 Å². The average molecular weight is 248 g/mol. The van der Waals surface area contributed by atoms with E-state index in [-0.39, 0.29) is 11.6 Å². The van der Waals surface area contributed by atoms with Gasteiger partial charge < -0.3 is 25.9 Å². The molecule has 0 aliphatic rings. The molecule has 2 aromatic rings. The van der Waals surface area contributed by atoms with E-state index in [0.29, 0.717) is 17.2 Å². The normalized spacial score (nSPS) is 10.1. The summed E-state index contributed by atoms with van der Waals surface area (Å²) in [7, 11) is 1.49. The number of H-pyrrole nitrogens is 1. The second-order valence-corrected chi connectivity index (χ2v) is 3.46. The Morgan fingerprint density at radius 2 is 2.06 bits per heavy atom. The van der Waals surface area contributed by atoms with Crippen LogP contribution in [0.5, 0.6) is 17.4 Å². The summed E-state index contributed by atoms with van der Waals surface area (Å²) in [6.07, 6.45) is 1.20. The highest BCUT2D eigenvalue weighted by Gasteiger charge is 2.11. The first-order valence-corrected chi connectivity index (χ1v) is 5.06. The lowest BCUT2D eigenvalue weighted by molar-refractivity contribution is 0.374. The van der Waals surface area contributed by atoms with Crippen LogP contribution in [0.3, 0.4) is 0 Å². The quantitative estimate of drug-likeness (QED) is 0.689. The number of benzene rings is 1. The summed E-state index contributed by atoms with van der Waals surface area (Å²) in [6, 6.07) is 4.87. The van der Waals surface area contributed by atoms with E-state index in [9.17, 15) is 4.79 Å². The number of aromatic nitrogens is 2. The minimum atomic E-state index is -0.470. The van der Waals surface area contributed by atoms with E-state index in [0.717, 1.165) is 0 Å². The van der Waals surface area contributed by atoms with Crippen LogP contribution in [0.2, 0.25) is 0 Å². The molecular formula is C11H12N4O3. The Kier molecular flexibility index (Phi) is 3.05. The number of methoxy groups -OCH3 is 1. The molecule has 0 bridgehead atoms. The highest BCUT2D eigenvalue weighted by atomic mass is 16.5. The number of hydrogen-bond acceptors (Lipinski definition) is 6. The Morgan fingerprint density at radius 1 is 1.28 bits per heavy atom. The van der Waals surface area contributed by atoms with Gasteiger partial charge in [0.05, 0.1) is 13.4 Å². The maximum Gasteiger partial charge on any atom is 0.277 e. The van der Waals surface area contributed by atoms with Gasteiger partial charge in [-0.25, -0.2) is 4.98 Å². The van der Waals surface area contributed by atoms with Gasteiger partial charge in [0, 0.05) is 11.8 Å². The number of nitrogen functional groups attached to an aromatic ring is 2. The summed E-state index contributed by atoms with van der Waals surface area (Å²) in [5, 5.41) is 0. The van der Waals surface area contributed by atoms with Crippen molar-refractivity contribution < 1.29 is 9.47 Å². The van der Waals surface area contributed by atoms with Crippen molar-refractivity contribution in [2.45, 2.75) is 0 Å². The predicted octanol–water partition coefficient (Wildman–Crippen LogP) is 0.735. The fourth-order valence-corrected chi connectivity index (χ4v) is 1.35. The predicted molar refractivity (Wildman–Crippen MR) is 66.8 cm³/mol. The number of nitrogens with zero attached hydrogens (tertiary/aromatic N) is 1. The van der Waals surface area contributed by atoms with E-state index in [1.165, 1.54) is 13.4 Å². The molecule has 1 aromatic carbocycles. The van der Waals surface area contributed by atoms with Crippen LogP contribution in [0.15, 0.2) is 29.3 Å². The minimum Gasteiger partial charge on any atom is -0.493 e. The number of anilines is 2. The Bertz CT molecular complexity index is 624. The lowest BCUT2D eigenvalue weighted by Gasteiger charge is -2.10. The maximum absolute atomic E-state index is 11.3. The fraction of sp³-hybridized carbons (Fsp3) is 0.0909. The van der Waals surface area contributed by atoms with Crippen molar-refractivity contribution in [3.63, 3.8) is 0 Å².